The van der Waals surface area contributed by atoms with Crippen molar-refractivity contribution < 1.29 is 61.5 Å². The average molecular weight is 448 g/mol. The largest absolute Gasteiger partial charge is 0.460 e. The lowest BCUT2D eigenvalue weighted by molar-refractivity contribution is -0.440. The highest BCUT2D eigenvalue weighted by atomic mass is 32.1. The molecule has 1 unspecified atom stereocenters. The third kappa shape index (κ3) is 3.58. The lowest BCUT2D eigenvalue weighted by atomic mass is 9.91. The summed E-state index contributed by atoms with van der Waals surface area (Å²) in [5.41, 5.74) is 0. The Kier molecular flexibility index (Phi) is 5.86. The molecule has 0 N–H and O–H groups in total. The van der Waals surface area contributed by atoms with Gasteiger partial charge in [-0.05, 0) is 11.4 Å². The molecule has 0 aromatic carbocycles. The van der Waals surface area contributed by atoms with Crippen LogP contribution in [0.15, 0.2) is 17.5 Å². The highest BCUT2D eigenvalue weighted by molar-refractivity contribution is 7.10. The summed E-state index contributed by atoms with van der Waals surface area (Å²) in [6.07, 6.45) is -13.5. The number of thiophene rings is 1. The zero-order chi connectivity index (χ0) is 21.7. The number of rotatable bonds is 7. The van der Waals surface area contributed by atoms with Gasteiger partial charge in [-0.2, -0.15) is 57.1 Å². The van der Waals surface area contributed by atoms with Crippen LogP contribution < -0.4 is 0 Å². The first kappa shape index (κ1) is 23.8. The minimum atomic E-state index is -7.97. The Morgan fingerprint density at radius 3 is 1.52 bits per heavy atom. The van der Waals surface area contributed by atoms with Gasteiger partial charge in [0.15, 0.2) is 0 Å². The third-order valence-corrected chi connectivity index (χ3v) is 4.24. The molecule has 0 aliphatic carbocycles. The van der Waals surface area contributed by atoms with Gasteiger partial charge >= 0.3 is 35.8 Å². The van der Waals surface area contributed by atoms with Crippen LogP contribution in [0.3, 0.4) is 0 Å². The number of hydrogen-bond acceptors (Lipinski definition) is 1. The van der Waals surface area contributed by atoms with E-state index in [9.17, 15) is 61.5 Å². The second-order valence-corrected chi connectivity index (χ2v) is 6.17. The molecule has 0 saturated heterocycles. The van der Waals surface area contributed by atoms with Gasteiger partial charge in [-0.3, -0.25) is 0 Å². The molecule has 0 bridgehead atoms. The molecule has 1 atom stereocenters. The zero-order valence-corrected chi connectivity index (χ0v) is 13.0. The molecule has 0 saturated carbocycles. The van der Waals surface area contributed by atoms with Crippen molar-refractivity contribution in [3.63, 3.8) is 0 Å². The van der Waals surface area contributed by atoms with Crippen molar-refractivity contribution >= 4 is 11.3 Å². The molecule has 1 aromatic heterocycles. The summed E-state index contributed by atoms with van der Waals surface area (Å²) < 4.78 is 180. The van der Waals surface area contributed by atoms with E-state index in [-0.39, 0.29) is 0 Å². The molecule has 1 heterocycles. The van der Waals surface area contributed by atoms with E-state index in [1.54, 1.807) is 0 Å². The third-order valence-electron chi connectivity index (χ3n) is 3.29. The second kappa shape index (κ2) is 6.65. The van der Waals surface area contributed by atoms with Crippen molar-refractivity contribution in [2.75, 3.05) is 0 Å². The molecule has 1 aromatic rings. The smallest absolute Gasteiger partial charge is 0.241 e. The summed E-state index contributed by atoms with van der Waals surface area (Å²) >= 11 is 0.345. The first-order valence-electron chi connectivity index (χ1n) is 6.37. The van der Waals surface area contributed by atoms with Crippen molar-refractivity contribution in [2.45, 2.75) is 48.4 Å². The normalized spacial score (nSPS) is 16.5. The summed E-state index contributed by atoms with van der Waals surface area (Å²) in [6, 6.07) is 1.77. The predicted octanol–water partition coefficient (Wildman–Crippen LogP) is 6.89. The molecule has 27 heavy (non-hydrogen) atoms. The topological polar surface area (TPSA) is 0 Å². The molecule has 0 fully saturated rings. The van der Waals surface area contributed by atoms with Crippen molar-refractivity contribution in [3.8, 4) is 0 Å². The van der Waals surface area contributed by atoms with E-state index >= 15 is 0 Å². The second-order valence-electron chi connectivity index (χ2n) is 5.19. The Hall–Kier alpha value is -1.28. The molecule has 0 spiro atoms. The van der Waals surface area contributed by atoms with Crippen molar-refractivity contribution in [1.82, 2.24) is 0 Å². The standard InChI is InChI=1S/C12H6F14S/c13-5(6-2-1-3-27-6)4-7(14,15)8(16,17)9(18,19)10(20,21)11(22,23)12(24,25)26/h1-3,5H,4H2. The van der Waals surface area contributed by atoms with Crippen LogP contribution in [0.1, 0.15) is 17.5 Å². The Morgan fingerprint density at radius 2 is 1.15 bits per heavy atom. The van der Waals surface area contributed by atoms with Crippen LogP contribution in [0.2, 0.25) is 0 Å². The highest BCUT2D eigenvalue weighted by Gasteiger charge is 2.90. The van der Waals surface area contributed by atoms with E-state index in [1.807, 2.05) is 0 Å². The summed E-state index contributed by atoms with van der Waals surface area (Å²) in [5, 5.41) is 1.05. The van der Waals surface area contributed by atoms with Gasteiger partial charge in [-0.1, -0.05) is 6.07 Å². The Bertz CT molecular complexity index is 629. The fourth-order valence-electron chi connectivity index (χ4n) is 1.73. The lowest BCUT2D eigenvalue weighted by Crippen LogP contribution is -2.70. The minimum Gasteiger partial charge on any atom is -0.241 e. The summed E-state index contributed by atoms with van der Waals surface area (Å²) in [4.78, 5) is -0.721. The van der Waals surface area contributed by atoms with Gasteiger partial charge in [0, 0.05) is 4.88 Å². The van der Waals surface area contributed by atoms with Crippen LogP contribution in [-0.4, -0.2) is 35.8 Å². The monoisotopic (exact) mass is 448 g/mol. The van der Waals surface area contributed by atoms with Crippen LogP contribution in [0.25, 0.3) is 0 Å². The average Bonchev–Trinajstić information content (AvgIpc) is 2.98. The van der Waals surface area contributed by atoms with Crippen molar-refractivity contribution in [3.05, 3.63) is 22.4 Å². The maximum Gasteiger partial charge on any atom is 0.460 e. The van der Waals surface area contributed by atoms with E-state index in [4.69, 9.17) is 0 Å². The van der Waals surface area contributed by atoms with E-state index in [2.05, 4.69) is 0 Å². The lowest BCUT2D eigenvalue weighted by Gasteiger charge is -2.39. The first-order chi connectivity index (χ1) is 11.7. The molecule has 0 amide bonds. The highest BCUT2D eigenvalue weighted by Crippen LogP contribution is 2.61. The van der Waals surface area contributed by atoms with E-state index < -0.39 is 53.3 Å². The van der Waals surface area contributed by atoms with Crippen LogP contribution in [0.5, 0.6) is 0 Å². The van der Waals surface area contributed by atoms with E-state index in [0.717, 1.165) is 17.5 Å². The molecular weight excluding hydrogens is 442 g/mol. The van der Waals surface area contributed by atoms with Crippen LogP contribution in [-0.2, 0) is 0 Å². The summed E-state index contributed by atoms with van der Waals surface area (Å²) in [5.74, 6) is -37.5. The van der Waals surface area contributed by atoms with Gasteiger partial charge in [0.05, 0.1) is 6.42 Å². The number of alkyl halides is 14. The Labute approximate surface area is 144 Å². The van der Waals surface area contributed by atoms with Crippen LogP contribution in [0, 0.1) is 0 Å². The number of hydrogen-bond donors (Lipinski definition) is 0. The van der Waals surface area contributed by atoms with Gasteiger partial charge in [0.1, 0.15) is 6.17 Å². The first-order valence-corrected chi connectivity index (χ1v) is 7.25. The van der Waals surface area contributed by atoms with Gasteiger partial charge in [-0.25, -0.2) is 4.39 Å². The zero-order valence-electron chi connectivity index (χ0n) is 12.2. The van der Waals surface area contributed by atoms with Crippen LogP contribution in [0.4, 0.5) is 61.5 Å². The van der Waals surface area contributed by atoms with Crippen LogP contribution >= 0.6 is 11.3 Å². The molecule has 1 rings (SSSR count). The molecule has 0 aliphatic rings. The maximum absolute atomic E-state index is 13.5. The quantitative estimate of drug-likeness (QED) is 0.399. The van der Waals surface area contributed by atoms with E-state index in [1.165, 1.54) is 0 Å². The molecular formula is C12H6F14S. The summed E-state index contributed by atoms with van der Waals surface area (Å²) in [6.45, 7) is 0. The molecule has 0 aliphatic heterocycles. The minimum absolute atomic E-state index is 0.345. The van der Waals surface area contributed by atoms with Crippen molar-refractivity contribution in [2.24, 2.45) is 0 Å². The fraction of sp³-hybridized carbons (Fsp3) is 0.667. The Balaban J connectivity index is 3.32. The van der Waals surface area contributed by atoms with Crippen molar-refractivity contribution in [1.29, 1.82) is 0 Å². The molecule has 0 radical (unpaired) electrons. The van der Waals surface area contributed by atoms with Gasteiger partial charge in [0.2, 0.25) is 0 Å². The SMILES string of the molecule is FC(CC(F)(F)C(F)(F)C(F)(F)C(F)(F)C(F)(F)C(F)(F)F)c1cccs1. The van der Waals surface area contributed by atoms with Gasteiger partial charge in [0.25, 0.3) is 0 Å². The molecule has 158 valence electrons. The predicted molar refractivity (Wildman–Crippen MR) is 63.6 cm³/mol. The maximum atomic E-state index is 13.5. The summed E-state index contributed by atoms with van der Waals surface area (Å²) in [7, 11) is 0. The fourth-order valence-corrected chi connectivity index (χ4v) is 2.43. The number of halogens is 14. The van der Waals surface area contributed by atoms with Gasteiger partial charge in [-0.15, -0.1) is 11.3 Å². The van der Waals surface area contributed by atoms with Gasteiger partial charge < -0.3 is 0 Å². The van der Waals surface area contributed by atoms with E-state index in [0.29, 0.717) is 11.3 Å². The molecule has 0 nitrogen and oxygen atoms in total. The molecule has 15 heteroatoms. The Morgan fingerprint density at radius 1 is 0.704 bits per heavy atom.